The summed E-state index contributed by atoms with van der Waals surface area (Å²) in [6, 6.07) is 33.3. The van der Waals surface area contributed by atoms with Gasteiger partial charge in [0.05, 0.1) is 18.8 Å². The van der Waals surface area contributed by atoms with Gasteiger partial charge in [0.25, 0.3) is 0 Å². The second-order valence-corrected chi connectivity index (χ2v) is 15.8. The summed E-state index contributed by atoms with van der Waals surface area (Å²) in [6.45, 7) is 10.5. The number of Topliss-reactive ketones (excluding diaryl/α,β-unsaturated/α-hetero) is 1. The van der Waals surface area contributed by atoms with Crippen molar-refractivity contribution in [2.45, 2.75) is 78.6 Å². The monoisotopic (exact) mass is 820 g/mol. The highest BCUT2D eigenvalue weighted by atomic mass is 79.9. The summed E-state index contributed by atoms with van der Waals surface area (Å²) >= 11 is 6.99. The van der Waals surface area contributed by atoms with Gasteiger partial charge in [-0.2, -0.15) is 0 Å². The van der Waals surface area contributed by atoms with E-state index in [0.29, 0.717) is 65.1 Å². The Morgan fingerprint density at radius 1 is 0.679 bits per heavy atom. The quantitative estimate of drug-likeness (QED) is 0.197. The summed E-state index contributed by atoms with van der Waals surface area (Å²) in [7, 11) is 0. The summed E-state index contributed by atoms with van der Waals surface area (Å²) in [5, 5.41) is 11.3. The predicted octanol–water partition coefficient (Wildman–Crippen LogP) is 10.3. The molecule has 2 fully saturated rings. The van der Waals surface area contributed by atoms with Crippen LogP contribution in [-0.4, -0.2) is 72.3 Å². The van der Waals surface area contributed by atoms with Crippen LogP contribution < -0.4 is 0 Å². The van der Waals surface area contributed by atoms with Gasteiger partial charge in [-0.3, -0.25) is 4.79 Å². The van der Waals surface area contributed by atoms with Crippen LogP contribution in [0.15, 0.2) is 121 Å². The van der Waals surface area contributed by atoms with Crippen LogP contribution in [0.3, 0.4) is 0 Å². The van der Waals surface area contributed by atoms with E-state index in [1.807, 2.05) is 24.3 Å². The lowest BCUT2D eigenvalue weighted by atomic mass is 9.84. The molecule has 6 rings (SSSR count). The molecule has 0 spiro atoms. The van der Waals surface area contributed by atoms with E-state index in [-0.39, 0.29) is 18.0 Å². The Labute approximate surface area is 330 Å². The fraction of sp³-hybridized carbons (Fsp3) is 0.357. The van der Waals surface area contributed by atoms with Gasteiger partial charge in [0, 0.05) is 63.1 Å². The Bertz CT molecular complexity index is 1770. The molecule has 2 heterocycles. The molecule has 2 saturated heterocycles. The van der Waals surface area contributed by atoms with Crippen LogP contribution in [-0.2, 0) is 19.9 Å². The summed E-state index contributed by atoms with van der Waals surface area (Å²) in [5.74, 6) is 0.232. The van der Waals surface area contributed by atoms with Gasteiger partial charge in [-0.25, -0.2) is 9.59 Å². The number of ketones is 1. The molecule has 8 nitrogen and oxygen atoms in total. The van der Waals surface area contributed by atoms with Gasteiger partial charge in [0.15, 0.2) is 0 Å². The third-order valence-electron chi connectivity index (χ3n) is 8.69. The average Bonchev–Trinajstić information content (AvgIpc) is 3.16. The second-order valence-electron chi connectivity index (χ2n) is 12.7. The molecule has 282 valence electrons. The number of aliphatic hydroxyl groups is 1. The first-order valence-corrected chi connectivity index (χ1v) is 20.3. The smallest absolute Gasteiger partial charge is 0.409 e. The molecule has 1 N–H and O–H groups in total. The zero-order valence-electron chi connectivity index (χ0n) is 30.9. The van der Waals surface area contributed by atoms with E-state index in [1.54, 1.807) is 47.2 Å². The van der Waals surface area contributed by atoms with Crippen LogP contribution in [0.25, 0.3) is 0 Å². The number of aryl methyl sites for hydroxylation is 2. The standard InChI is InChI=1S/C21H25NO3S.C13H11BrS.C8H13NO3/c1-3-25-20(23)22-14-12-21(24,13-15-22)18-6-4-5-7-19(18)26-17-10-8-16(2)9-11-17;1-10-6-8-11(9-7-10)15-13-5-3-2-4-12(13)14;1-2-12-8(11)9-5-3-7(10)4-6-9/h4-11,24H,3,12-15H2,1-2H3;2-9H,1H3;2-6H2,1H3. The number of ether oxygens (including phenoxy) is 2. The second kappa shape index (κ2) is 21.2. The summed E-state index contributed by atoms with van der Waals surface area (Å²) in [6.07, 6.45) is 1.37. The van der Waals surface area contributed by atoms with Gasteiger partial charge in [0.2, 0.25) is 0 Å². The molecule has 0 aliphatic carbocycles. The molecule has 2 aliphatic rings. The van der Waals surface area contributed by atoms with Crippen molar-refractivity contribution in [2.75, 3.05) is 39.4 Å². The molecule has 0 atom stereocenters. The Kier molecular flexibility index (Phi) is 16.8. The Balaban J connectivity index is 0.000000196. The number of rotatable bonds is 7. The Morgan fingerprint density at radius 2 is 1.11 bits per heavy atom. The summed E-state index contributed by atoms with van der Waals surface area (Å²) in [4.78, 5) is 41.8. The minimum Gasteiger partial charge on any atom is -0.450 e. The number of piperidine rings is 2. The molecule has 4 aromatic carbocycles. The van der Waals surface area contributed by atoms with Gasteiger partial charge >= 0.3 is 12.2 Å². The topological polar surface area (TPSA) is 96.4 Å². The highest BCUT2D eigenvalue weighted by Gasteiger charge is 2.37. The normalized spacial score (nSPS) is 14.9. The lowest BCUT2D eigenvalue weighted by molar-refractivity contribution is -0.121. The van der Waals surface area contributed by atoms with Crippen molar-refractivity contribution < 1.29 is 29.0 Å². The zero-order valence-corrected chi connectivity index (χ0v) is 34.1. The number of nitrogens with zero attached hydrogens (tertiary/aromatic N) is 2. The number of carbonyl (C=O) groups is 3. The van der Waals surface area contributed by atoms with Gasteiger partial charge in [-0.05, 0) is 104 Å². The molecule has 0 radical (unpaired) electrons. The van der Waals surface area contributed by atoms with Crippen molar-refractivity contribution in [2.24, 2.45) is 0 Å². The van der Waals surface area contributed by atoms with E-state index in [0.717, 1.165) is 19.8 Å². The van der Waals surface area contributed by atoms with E-state index in [1.165, 1.54) is 20.9 Å². The molecular weight excluding hydrogens is 773 g/mol. The molecule has 11 heteroatoms. The van der Waals surface area contributed by atoms with E-state index in [4.69, 9.17) is 9.47 Å². The van der Waals surface area contributed by atoms with Crippen molar-refractivity contribution in [3.63, 3.8) is 0 Å². The SMILES string of the molecule is CCOC(=O)N1CCC(=O)CC1.CCOC(=O)N1CCC(O)(c2ccccc2Sc2ccc(C)cc2)CC1.Cc1ccc(Sc2ccccc2Br)cc1. The van der Waals surface area contributed by atoms with Crippen molar-refractivity contribution in [1.29, 1.82) is 0 Å². The number of likely N-dealkylation sites (tertiary alicyclic amines) is 2. The fourth-order valence-electron chi connectivity index (χ4n) is 5.63. The van der Waals surface area contributed by atoms with Crippen molar-refractivity contribution in [1.82, 2.24) is 9.80 Å². The lowest BCUT2D eigenvalue weighted by Crippen LogP contribution is -2.45. The maximum atomic E-state index is 11.9. The van der Waals surface area contributed by atoms with E-state index < -0.39 is 5.60 Å². The van der Waals surface area contributed by atoms with Crippen LogP contribution in [0.5, 0.6) is 0 Å². The van der Waals surface area contributed by atoms with Gasteiger partial charge in [-0.15, -0.1) is 0 Å². The van der Waals surface area contributed by atoms with Crippen LogP contribution in [0, 0.1) is 13.8 Å². The van der Waals surface area contributed by atoms with Gasteiger partial charge in [-0.1, -0.05) is 89.2 Å². The van der Waals surface area contributed by atoms with Crippen LogP contribution >= 0.6 is 39.5 Å². The number of benzene rings is 4. The highest BCUT2D eigenvalue weighted by molar-refractivity contribution is 9.10. The van der Waals surface area contributed by atoms with Crippen molar-refractivity contribution >= 4 is 57.4 Å². The third-order valence-corrected chi connectivity index (χ3v) is 11.8. The van der Waals surface area contributed by atoms with Gasteiger partial charge < -0.3 is 24.4 Å². The molecule has 0 saturated carbocycles. The molecule has 2 amide bonds. The maximum absolute atomic E-state index is 11.9. The van der Waals surface area contributed by atoms with E-state index >= 15 is 0 Å². The first-order valence-electron chi connectivity index (χ1n) is 17.9. The zero-order chi connectivity index (χ0) is 38.2. The van der Waals surface area contributed by atoms with E-state index in [2.05, 4.69) is 103 Å². The number of hydrogen-bond donors (Lipinski definition) is 1. The highest BCUT2D eigenvalue weighted by Crippen LogP contribution is 2.41. The molecule has 53 heavy (non-hydrogen) atoms. The lowest BCUT2D eigenvalue weighted by Gasteiger charge is -2.38. The first-order chi connectivity index (χ1) is 25.5. The fourth-order valence-corrected chi connectivity index (χ4v) is 8.04. The number of halogens is 1. The first kappa shape index (κ1) is 42.0. The minimum atomic E-state index is -0.919. The van der Waals surface area contributed by atoms with Crippen LogP contribution in [0.4, 0.5) is 9.59 Å². The summed E-state index contributed by atoms with van der Waals surface area (Å²) < 4.78 is 11.0. The van der Waals surface area contributed by atoms with Crippen LogP contribution in [0.2, 0.25) is 0 Å². The molecule has 4 aromatic rings. The Hall–Kier alpha value is -3.77. The molecule has 2 aliphatic heterocycles. The summed E-state index contributed by atoms with van der Waals surface area (Å²) in [5.41, 5.74) is 2.55. The average molecular weight is 822 g/mol. The number of hydrogen-bond acceptors (Lipinski definition) is 8. The minimum absolute atomic E-state index is 0.232. The molecule has 0 aromatic heterocycles. The number of amides is 2. The van der Waals surface area contributed by atoms with Crippen LogP contribution in [0.1, 0.15) is 56.2 Å². The predicted molar refractivity (Wildman–Crippen MR) is 216 cm³/mol. The maximum Gasteiger partial charge on any atom is 0.409 e. The number of carbonyl (C=O) groups excluding carboxylic acids is 3. The molecule has 0 bridgehead atoms. The van der Waals surface area contributed by atoms with Gasteiger partial charge in [0.1, 0.15) is 5.78 Å². The van der Waals surface area contributed by atoms with E-state index in [9.17, 15) is 19.5 Å². The van der Waals surface area contributed by atoms with Crippen molar-refractivity contribution in [3.05, 3.63) is 118 Å². The van der Waals surface area contributed by atoms with Crippen molar-refractivity contribution in [3.8, 4) is 0 Å². The molecular formula is C42H49BrN2O6S2. The largest absolute Gasteiger partial charge is 0.450 e. The third kappa shape index (κ3) is 13.2. The molecule has 0 unspecified atom stereocenters. The Morgan fingerprint density at radius 3 is 1.60 bits per heavy atom.